The molecule has 0 aliphatic carbocycles. The first-order valence-corrected chi connectivity index (χ1v) is 4.55. The van der Waals surface area contributed by atoms with E-state index in [1.54, 1.807) is 6.08 Å². The summed E-state index contributed by atoms with van der Waals surface area (Å²) in [5.41, 5.74) is -0.687. The summed E-state index contributed by atoms with van der Waals surface area (Å²) in [6.45, 7) is 8.51. The van der Waals surface area contributed by atoms with Crippen molar-refractivity contribution in [2.75, 3.05) is 6.61 Å². The second-order valence-electron chi connectivity index (χ2n) is 3.92. The number of ether oxygens (including phenoxy) is 1. The predicted octanol–water partition coefficient (Wildman–Crippen LogP) is 1.74. The van der Waals surface area contributed by atoms with Crippen LogP contribution in [0, 0.1) is 5.92 Å². The fraction of sp³-hybridized carbons (Fsp3) is 0.800. The molecular formula is C10H18O2. The van der Waals surface area contributed by atoms with Crippen LogP contribution in [0.2, 0.25) is 0 Å². The third kappa shape index (κ3) is 2.08. The van der Waals surface area contributed by atoms with Gasteiger partial charge in [0.15, 0.2) is 0 Å². The monoisotopic (exact) mass is 170 g/mol. The SMILES string of the molecule is C=CC1(O)CCOC(C(C)C)C1. The summed E-state index contributed by atoms with van der Waals surface area (Å²) in [7, 11) is 0. The molecule has 0 bridgehead atoms. The van der Waals surface area contributed by atoms with Crippen molar-refractivity contribution < 1.29 is 9.84 Å². The molecular weight excluding hydrogens is 152 g/mol. The second kappa shape index (κ2) is 3.58. The van der Waals surface area contributed by atoms with Crippen LogP contribution < -0.4 is 0 Å². The van der Waals surface area contributed by atoms with Crippen LogP contribution in [-0.2, 0) is 4.74 Å². The highest BCUT2D eigenvalue weighted by atomic mass is 16.5. The van der Waals surface area contributed by atoms with E-state index in [9.17, 15) is 5.11 Å². The number of hydrogen-bond donors (Lipinski definition) is 1. The number of aliphatic hydroxyl groups is 1. The maximum Gasteiger partial charge on any atom is 0.0871 e. The lowest BCUT2D eigenvalue weighted by molar-refractivity contribution is -0.0944. The molecule has 0 aromatic heterocycles. The molecule has 2 unspecified atom stereocenters. The van der Waals surface area contributed by atoms with E-state index in [0.717, 1.165) is 0 Å². The Bertz CT molecular complexity index is 165. The smallest absolute Gasteiger partial charge is 0.0871 e. The van der Waals surface area contributed by atoms with Gasteiger partial charge in [-0.05, 0) is 5.92 Å². The zero-order chi connectivity index (χ0) is 9.19. The van der Waals surface area contributed by atoms with Crippen LogP contribution in [0.25, 0.3) is 0 Å². The standard InChI is InChI=1S/C10H18O2/c1-4-10(11)5-6-12-9(7-10)8(2)3/h4,8-9,11H,1,5-7H2,2-3H3. The third-order valence-corrected chi connectivity index (χ3v) is 2.55. The van der Waals surface area contributed by atoms with Crippen LogP contribution in [-0.4, -0.2) is 23.4 Å². The molecule has 1 aliphatic heterocycles. The first-order chi connectivity index (χ1) is 5.57. The number of hydrogen-bond acceptors (Lipinski definition) is 2. The quantitative estimate of drug-likeness (QED) is 0.640. The van der Waals surface area contributed by atoms with Crippen molar-refractivity contribution in [1.82, 2.24) is 0 Å². The van der Waals surface area contributed by atoms with Crippen LogP contribution in [0.5, 0.6) is 0 Å². The van der Waals surface area contributed by atoms with E-state index in [1.807, 2.05) is 0 Å². The first-order valence-electron chi connectivity index (χ1n) is 4.55. The minimum absolute atomic E-state index is 0.182. The molecule has 0 amide bonds. The van der Waals surface area contributed by atoms with Crippen molar-refractivity contribution >= 4 is 0 Å². The highest BCUT2D eigenvalue weighted by Gasteiger charge is 2.33. The molecule has 12 heavy (non-hydrogen) atoms. The zero-order valence-electron chi connectivity index (χ0n) is 7.92. The van der Waals surface area contributed by atoms with Crippen LogP contribution in [0.4, 0.5) is 0 Å². The summed E-state index contributed by atoms with van der Waals surface area (Å²) >= 11 is 0. The van der Waals surface area contributed by atoms with Gasteiger partial charge in [-0.3, -0.25) is 0 Å². The van der Waals surface area contributed by atoms with E-state index in [0.29, 0.717) is 25.4 Å². The van der Waals surface area contributed by atoms with E-state index >= 15 is 0 Å². The van der Waals surface area contributed by atoms with Crippen LogP contribution in [0.15, 0.2) is 12.7 Å². The highest BCUT2D eigenvalue weighted by Crippen LogP contribution is 2.28. The molecule has 0 aromatic carbocycles. The van der Waals surface area contributed by atoms with Gasteiger partial charge in [0.2, 0.25) is 0 Å². The highest BCUT2D eigenvalue weighted by molar-refractivity contribution is 4.99. The number of rotatable bonds is 2. The van der Waals surface area contributed by atoms with Crippen molar-refractivity contribution in [3.05, 3.63) is 12.7 Å². The van der Waals surface area contributed by atoms with E-state index in [-0.39, 0.29) is 6.10 Å². The van der Waals surface area contributed by atoms with Crippen molar-refractivity contribution in [2.24, 2.45) is 5.92 Å². The minimum atomic E-state index is -0.687. The molecule has 0 saturated carbocycles. The van der Waals surface area contributed by atoms with Crippen molar-refractivity contribution in [3.63, 3.8) is 0 Å². The molecule has 1 fully saturated rings. The van der Waals surface area contributed by atoms with E-state index in [2.05, 4.69) is 20.4 Å². The normalized spacial score (nSPS) is 36.8. The largest absolute Gasteiger partial charge is 0.386 e. The Morgan fingerprint density at radius 3 is 2.83 bits per heavy atom. The predicted molar refractivity (Wildman–Crippen MR) is 49.0 cm³/mol. The maximum absolute atomic E-state index is 9.90. The Hall–Kier alpha value is -0.340. The minimum Gasteiger partial charge on any atom is -0.386 e. The summed E-state index contributed by atoms with van der Waals surface area (Å²) in [5.74, 6) is 0.469. The Morgan fingerprint density at radius 2 is 2.33 bits per heavy atom. The topological polar surface area (TPSA) is 29.5 Å². The fourth-order valence-electron chi connectivity index (χ4n) is 1.51. The van der Waals surface area contributed by atoms with Crippen LogP contribution >= 0.6 is 0 Å². The van der Waals surface area contributed by atoms with Gasteiger partial charge in [-0.15, -0.1) is 6.58 Å². The molecule has 2 atom stereocenters. The van der Waals surface area contributed by atoms with Gasteiger partial charge >= 0.3 is 0 Å². The molecule has 2 nitrogen and oxygen atoms in total. The average Bonchev–Trinajstić information content (AvgIpc) is 2.05. The molecule has 2 heteroatoms. The molecule has 1 saturated heterocycles. The van der Waals surface area contributed by atoms with E-state index < -0.39 is 5.60 Å². The average molecular weight is 170 g/mol. The molecule has 1 aliphatic rings. The third-order valence-electron chi connectivity index (χ3n) is 2.55. The van der Waals surface area contributed by atoms with Gasteiger partial charge in [-0.25, -0.2) is 0 Å². The molecule has 0 aromatic rings. The lowest BCUT2D eigenvalue weighted by Crippen LogP contribution is -2.41. The van der Waals surface area contributed by atoms with E-state index in [4.69, 9.17) is 4.74 Å². The van der Waals surface area contributed by atoms with Gasteiger partial charge in [0, 0.05) is 12.8 Å². The molecule has 70 valence electrons. The van der Waals surface area contributed by atoms with Gasteiger partial charge < -0.3 is 9.84 Å². The molecule has 1 heterocycles. The lowest BCUT2D eigenvalue weighted by atomic mass is 9.86. The summed E-state index contributed by atoms with van der Waals surface area (Å²) in [6.07, 6.45) is 3.19. The van der Waals surface area contributed by atoms with Gasteiger partial charge in [0.05, 0.1) is 18.3 Å². The van der Waals surface area contributed by atoms with Crippen molar-refractivity contribution in [2.45, 2.75) is 38.4 Å². The van der Waals surface area contributed by atoms with Gasteiger partial charge in [0.1, 0.15) is 0 Å². The van der Waals surface area contributed by atoms with E-state index in [1.165, 1.54) is 0 Å². The Labute approximate surface area is 74.2 Å². The van der Waals surface area contributed by atoms with Crippen LogP contribution in [0.3, 0.4) is 0 Å². The summed E-state index contributed by atoms with van der Waals surface area (Å²) in [4.78, 5) is 0. The second-order valence-corrected chi connectivity index (χ2v) is 3.92. The fourth-order valence-corrected chi connectivity index (χ4v) is 1.51. The zero-order valence-corrected chi connectivity index (χ0v) is 7.92. The van der Waals surface area contributed by atoms with Crippen LogP contribution in [0.1, 0.15) is 26.7 Å². The van der Waals surface area contributed by atoms with Gasteiger partial charge in [0.25, 0.3) is 0 Å². The summed E-state index contributed by atoms with van der Waals surface area (Å²) in [5, 5.41) is 9.90. The molecule has 1 rings (SSSR count). The summed E-state index contributed by atoms with van der Waals surface area (Å²) in [6, 6.07) is 0. The Balaban J connectivity index is 2.56. The van der Waals surface area contributed by atoms with Gasteiger partial charge in [-0.2, -0.15) is 0 Å². The Morgan fingerprint density at radius 1 is 1.67 bits per heavy atom. The lowest BCUT2D eigenvalue weighted by Gasteiger charge is -2.36. The van der Waals surface area contributed by atoms with Gasteiger partial charge in [-0.1, -0.05) is 19.9 Å². The maximum atomic E-state index is 9.90. The molecule has 0 spiro atoms. The Kier molecular flexibility index (Phi) is 2.91. The molecule has 1 N–H and O–H groups in total. The van der Waals surface area contributed by atoms with Crippen molar-refractivity contribution in [3.8, 4) is 0 Å². The first kappa shape index (κ1) is 9.75. The van der Waals surface area contributed by atoms with Crippen molar-refractivity contribution in [1.29, 1.82) is 0 Å². The molecule has 0 radical (unpaired) electrons. The summed E-state index contributed by atoms with van der Waals surface area (Å²) < 4.78 is 5.53.